The van der Waals surface area contributed by atoms with Gasteiger partial charge in [0.25, 0.3) is 0 Å². The Kier molecular flexibility index (Phi) is 4.50. The molecule has 2 heterocycles. The molecule has 1 atom stereocenters. The number of ketones is 1. The number of allylic oxidation sites excluding steroid dienone is 2. The normalized spacial score (nSPS) is 22.1. The third-order valence-corrected chi connectivity index (χ3v) is 5.83. The van der Waals surface area contributed by atoms with Crippen molar-refractivity contribution in [1.82, 2.24) is 4.98 Å². The summed E-state index contributed by atoms with van der Waals surface area (Å²) >= 11 is 0. The summed E-state index contributed by atoms with van der Waals surface area (Å²) in [5.74, 6) is 0.853. The zero-order chi connectivity index (χ0) is 20.1. The molecule has 4 rings (SSSR count). The van der Waals surface area contributed by atoms with Crippen LogP contribution in [0.15, 0.2) is 46.5 Å². The maximum Gasteiger partial charge on any atom is 0.181 e. The highest BCUT2D eigenvalue weighted by molar-refractivity contribution is 6.09. The number of benzene rings is 1. The van der Waals surface area contributed by atoms with Crippen molar-refractivity contribution in [2.24, 2.45) is 10.9 Å². The number of nitrogens with zero attached hydrogens (tertiary/aromatic N) is 1. The minimum Gasteiger partial charge on any atom is -0.497 e. The second kappa shape index (κ2) is 6.74. The van der Waals surface area contributed by atoms with Crippen molar-refractivity contribution in [3.05, 3.63) is 52.8 Å². The van der Waals surface area contributed by atoms with E-state index < -0.39 is 5.60 Å². The monoisotopic (exact) mass is 378 g/mol. The van der Waals surface area contributed by atoms with Gasteiger partial charge in [-0.2, -0.15) is 0 Å². The third-order valence-electron chi connectivity index (χ3n) is 5.83. The molecule has 0 spiro atoms. The number of aliphatic imine (C=N–C) groups is 1. The Hall–Kier alpha value is -2.66. The van der Waals surface area contributed by atoms with Crippen LogP contribution in [0, 0.1) is 5.92 Å². The van der Waals surface area contributed by atoms with Crippen LogP contribution in [0.1, 0.15) is 38.4 Å². The summed E-state index contributed by atoms with van der Waals surface area (Å²) in [6.45, 7) is 6.45. The summed E-state index contributed by atoms with van der Waals surface area (Å²) in [5, 5.41) is 12.6. The lowest BCUT2D eigenvalue weighted by Gasteiger charge is -2.32. The molecule has 0 fully saturated rings. The highest BCUT2D eigenvalue weighted by Crippen LogP contribution is 2.35. The lowest BCUT2D eigenvalue weighted by molar-refractivity contribution is -0.112. The molecule has 0 amide bonds. The molecule has 1 unspecified atom stereocenters. The number of H-pyrrole nitrogens is 1. The number of carbonyl (C=O) groups excluding carboxylic acids is 1. The van der Waals surface area contributed by atoms with Gasteiger partial charge >= 0.3 is 0 Å². The molecule has 1 aromatic heterocycles. The number of nitrogens with one attached hydrogen (secondary N) is 1. The van der Waals surface area contributed by atoms with E-state index in [1.807, 2.05) is 32.9 Å². The number of fused-ring (bicyclic) bond motifs is 3. The smallest absolute Gasteiger partial charge is 0.181 e. The van der Waals surface area contributed by atoms with E-state index in [-0.39, 0.29) is 11.7 Å². The van der Waals surface area contributed by atoms with Crippen LogP contribution in [-0.2, 0) is 11.2 Å². The van der Waals surface area contributed by atoms with E-state index >= 15 is 0 Å². The van der Waals surface area contributed by atoms with Gasteiger partial charge in [0, 0.05) is 35.5 Å². The van der Waals surface area contributed by atoms with Crippen molar-refractivity contribution >= 4 is 22.4 Å². The quantitative estimate of drug-likeness (QED) is 0.851. The summed E-state index contributed by atoms with van der Waals surface area (Å²) in [5.41, 5.74) is 4.19. The fourth-order valence-corrected chi connectivity index (χ4v) is 4.14. The second-order valence-electron chi connectivity index (χ2n) is 8.02. The number of hydrogen-bond donors (Lipinski definition) is 2. The number of aliphatic hydroxyl groups is 1. The standard InChI is InChI=1S/C23H26N2O3/c1-13(2)18-11-23(27,14(3)9-21(18)26)12-20-22-17(7-8-24-20)16-6-5-15(28-4)10-19(16)25-22/h5-6,9-11,13,25,27H,7-8,12H2,1-4H3. The number of rotatable bonds is 4. The zero-order valence-electron chi connectivity index (χ0n) is 16.8. The van der Waals surface area contributed by atoms with Crippen molar-refractivity contribution in [3.63, 3.8) is 0 Å². The van der Waals surface area contributed by atoms with Gasteiger partial charge in [0.2, 0.25) is 0 Å². The molecule has 2 aromatic rings. The second-order valence-corrected chi connectivity index (χ2v) is 8.02. The molecular formula is C23H26N2O3. The molecular weight excluding hydrogens is 352 g/mol. The van der Waals surface area contributed by atoms with Gasteiger partial charge < -0.3 is 14.8 Å². The van der Waals surface area contributed by atoms with Crippen molar-refractivity contribution in [3.8, 4) is 5.75 Å². The van der Waals surface area contributed by atoms with E-state index in [4.69, 9.17) is 9.73 Å². The number of ether oxygens (including phenoxy) is 1. The molecule has 0 bridgehead atoms. The molecule has 0 radical (unpaired) electrons. The van der Waals surface area contributed by atoms with E-state index in [1.54, 1.807) is 19.3 Å². The van der Waals surface area contributed by atoms with Crippen LogP contribution >= 0.6 is 0 Å². The SMILES string of the molecule is COc1ccc2c3c([nH]c2c1)C(CC1(O)C=C(C(C)C)C(=O)C=C1C)=NCC3. The Labute approximate surface area is 164 Å². The fourth-order valence-electron chi connectivity index (χ4n) is 4.14. The molecule has 0 saturated carbocycles. The summed E-state index contributed by atoms with van der Waals surface area (Å²) in [6, 6.07) is 6.02. The van der Waals surface area contributed by atoms with Gasteiger partial charge in [-0.05, 0) is 54.7 Å². The average Bonchev–Trinajstić information content (AvgIpc) is 3.03. The molecule has 2 aliphatic rings. The van der Waals surface area contributed by atoms with Crippen LogP contribution in [0.3, 0.4) is 0 Å². The van der Waals surface area contributed by atoms with E-state index in [2.05, 4.69) is 11.1 Å². The van der Waals surface area contributed by atoms with E-state index in [1.165, 1.54) is 10.9 Å². The molecule has 1 aliphatic heterocycles. The Morgan fingerprint density at radius 2 is 2.14 bits per heavy atom. The van der Waals surface area contributed by atoms with E-state index in [0.717, 1.165) is 29.1 Å². The van der Waals surface area contributed by atoms with Crippen molar-refractivity contribution in [2.45, 2.75) is 39.2 Å². The van der Waals surface area contributed by atoms with Gasteiger partial charge in [-0.3, -0.25) is 9.79 Å². The number of aromatic nitrogens is 1. The molecule has 5 heteroatoms. The van der Waals surface area contributed by atoms with Crippen LogP contribution in [0.5, 0.6) is 5.75 Å². The van der Waals surface area contributed by atoms with Crippen molar-refractivity contribution in [2.75, 3.05) is 13.7 Å². The van der Waals surface area contributed by atoms with Gasteiger partial charge in [-0.1, -0.05) is 13.8 Å². The Morgan fingerprint density at radius 1 is 1.36 bits per heavy atom. The number of aromatic amines is 1. The first-order valence-electron chi connectivity index (χ1n) is 9.73. The highest BCUT2D eigenvalue weighted by Gasteiger charge is 2.36. The number of hydrogen-bond acceptors (Lipinski definition) is 4. The third kappa shape index (κ3) is 3.00. The Bertz CT molecular complexity index is 1060. The number of methoxy groups -OCH3 is 1. The maximum absolute atomic E-state index is 12.3. The molecule has 146 valence electrons. The minimum atomic E-state index is -1.20. The molecule has 5 nitrogen and oxygen atoms in total. The molecule has 0 saturated heterocycles. The van der Waals surface area contributed by atoms with Gasteiger partial charge in [-0.25, -0.2) is 0 Å². The van der Waals surface area contributed by atoms with Crippen LogP contribution in [0.4, 0.5) is 0 Å². The van der Waals surface area contributed by atoms with Gasteiger partial charge in [0.15, 0.2) is 5.78 Å². The Balaban J connectivity index is 1.74. The predicted octanol–water partition coefficient (Wildman–Crippen LogP) is 3.75. The summed E-state index contributed by atoms with van der Waals surface area (Å²) in [6.07, 6.45) is 4.51. The van der Waals surface area contributed by atoms with Crippen LogP contribution < -0.4 is 4.74 Å². The van der Waals surface area contributed by atoms with Gasteiger partial charge in [-0.15, -0.1) is 0 Å². The van der Waals surface area contributed by atoms with Gasteiger partial charge in [0.05, 0.1) is 18.5 Å². The lowest BCUT2D eigenvalue weighted by Crippen LogP contribution is -2.36. The van der Waals surface area contributed by atoms with Gasteiger partial charge in [0.1, 0.15) is 11.4 Å². The summed E-state index contributed by atoms with van der Waals surface area (Å²) < 4.78 is 5.34. The summed E-state index contributed by atoms with van der Waals surface area (Å²) in [4.78, 5) is 20.5. The van der Waals surface area contributed by atoms with Crippen LogP contribution in [0.25, 0.3) is 10.9 Å². The van der Waals surface area contributed by atoms with E-state index in [0.29, 0.717) is 24.1 Å². The Morgan fingerprint density at radius 3 is 2.86 bits per heavy atom. The fraction of sp³-hybridized carbons (Fsp3) is 0.391. The summed E-state index contributed by atoms with van der Waals surface area (Å²) in [7, 11) is 1.66. The molecule has 1 aliphatic carbocycles. The maximum atomic E-state index is 12.3. The van der Waals surface area contributed by atoms with Crippen LogP contribution in [-0.4, -0.2) is 40.8 Å². The largest absolute Gasteiger partial charge is 0.497 e. The first-order valence-corrected chi connectivity index (χ1v) is 9.73. The zero-order valence-corrected chi connectivity index (χ0v) is 16.8. The lowest BCUT2D eigenvalue weighted by atomic mass is 9.78. The molecule has 28 heavy (non-hydrogen) atoms. The van der Waals surface area contributed by atoms with Crippen LogP contribution in [0.2, 0.25) is 0 Å². The van der Waals surface area contributed by atoms with E-state index in [9.17, 15) is 9.90 Å². The van der Waals surface area contributed by atoms with Crippen molar-refractivity contribution < 1.29 is 14.6 Å². The predicted molar refractivity (Wildman–Crippen MR) is 111 cm³/mol. The first kappa shape index (κ1) is 18.7. The highest BCUT2D eigenvalue weighted by atomic mass is 16.5. The average molecular weight is 378 g/mol. The first-order chi connectivity index (χ1) is 13.3. The molecule has 2 N–H and O–H groups in total. The topological polar surface area (TPSA) is 74.7 Å². The minimum absolute atomic E-state index is 0.0128. The molecule has 1 aromatic carbocycles. The van der Waals surface area contributed by atoms with Crippen molar-refractivity contribution in [1.29, 1.82) is 0 Å². The number of carbonyl (C=O) groups is 1.